The van der Waals surface area contributed by atoms with Gasteiger partial charge in [0.15, 0.2) is 12.4 Å². The molecule has 2 aromatic carbocycles. The lowest BCUT2D eigenvalue weighted by Gasteiger charge is -2.17. The van der Waals surface area contributed by atoms with Gasteiger partial charge in [-0.05, 0) is 30.7 Å². The van der Waals surface area contributed by atoms with Crippen molar-refractivity contribution in [2.45, 2.75) is 6.92 Å². The van der Waals surface area contributed by atoms with Gasteiger partial charge in [0.05, 0.1) is 22.2 Å². The number of nitro benzene ring substituents is 1. The number of amides is 2. The van der Waals surface area contributed by atoms with E-state index in [4.69, 9.17) is 16.3 Å². The molecule has 0 aliphatic heterocycles. The minimum Gasteiger partial charge on any atom is -0.477 e. The summed E-state index contributed by atoms with van der Waals surface area (Å²) >= 11 is 5.97. The summed E-state index contributed by atoms with van der Waals surface area (Å²) in [4.78, 5) is 35.8. The fourth-order valence-electron chi connectivity index (χ4n) is 2.19. The molecule has 0 bridgehead atoms. The second kappa shape index (κ2) is 9.00. The van der Waals surface area contributed by atoms with E-state index in [1.165, 1.54) is 19.2 Å². The van der Waals surface area contributed by atoms with Crippen molar-refractivity contribution in [3.63, 3.8) is 0 Å². The number of likely N-dealkylation sites (N-methyl/N-ethyl adjacent to an activating group) is 1. The van der Waals surface area contributed by atoms with Crippen molar-refractivity contribution in [3.05, 3.63) is 63.2 Å². The van der Waals surface area contributed by atoms with E-state index in [0.717, 1.165) is 10.5 Å². The number of hydrogen-bond donors (Lipinski definition) is 1. The van der Waals surface area contributed by atoms with E-state index in [9.17, 15) is 19.7 Å². The standard InChI is InChI=1S/C18H18ClN3O5/c1-12-7-8-15(22(25)26)16(9-12)27-11-18(24)21(2)10-17(23)20-14-6-4-3-5-13(14)19/h3-9H,10-11H2,1-2H3,(H,20,23). The fourth-order valence-corrected chi connectivity index (χ4v) is 2.38. The SMILES string of the molecule is Cc1ccc([N+](=O)[O-])c(OCC(=O)N(C)CC(=O)Nc2ccccc2Cl)c1. The number of nitro groups is 1. The maximum atomic E-state index is 12.2. The average Bonchev–Trinajstić information content (AvgIpc) is 2.61. The molecule has 9 heteroatoms. The van der Waals surface area contributed by atoms with Crippen LogP contribution in [0.15, 0.2) is 42.5 Å². The van der Waals surface area contributed by atoms with Crippen LogP contribution in [-0.4, -0.2) is 41.8 Å². The molecule has 0 aliphatic rings. The van der Waals surface area contributed by atoms with Crippen molar-refractivity contribution in [1.29, 1.82) is 0 Å². The molecule has 2 rings (SSSR count). The highest BCUT2D eigenvalue weighted by molar-refractivity contribution is 6.33. The van der Waals surface area contributed by atoms with E-state index in [1.807, 2.05) is 0 Å². The number of nitrogens with one attached hydrogen (secondary N) is 1. The monoisotopic (exact) mass is 391 g/mol. The molecule has 2 amide bonds. The highest BCUT2D eigenvalue weighted by atomic mass is 35.5. The minimum absolute atomic E-state index is 0.00210. The number of ether oxygens (including phenoxy) is 1. The summed E-state index contributed by atoms with van der Waals surface area (Å²) in [5.41, 5.74) is 0.972. The van der Waals surface area contributed by atoms with Crippen molar-refractivity contribution in [3.8, 4) is 5.75 Å². The van der Waals surface area contributed by atoms with Crippen LogP contribution in [0.2, 0.25) is 5.02 Å². The Hall–Kier alpha value is -3.13. The molecular formula is C18H18ClN3O5. The van der Waals surface area contributed by atoms with E-state index in [-0.39, 0.29) is 18.0 Å². The first kappa shape index (κ1) is 20.2. The molecular weight excluding hydrogens is 374 g/mol. The van der Waals surface area contributed by atoms with Gasteiger partial charge in [0.1, 0.15) is 0 Å². The number of anilines is 1. The smallest absolute Gasteiger partial charge is 0.310 e. The van der Waals surface area contributed by atoms with Crippen LogP contribution in [0.3, 0.4) is 0 Å². The molecule has 0 aliphatic carbocycles. The molecule has 8 nitrogen and oxygen atoms in total. The fraction of sp³-hybridized carbons (Fsp3) is 0.222. The van der Waals surface area contributed by atoms with Crippen molar-refractivity contribution in [2.24, 2.45) is 0 Å². The number of carbonyl (C=O) groups excluding carboxylic acids is 2. The maximum Gasteiger partial charge on any atom is 0.310 e. The van der Waals surface area contributed by atoms with Gasteiger partial charge in [-0.1, -0.05) is 29.8 Å². The van der Waals surface area contributed by atoms with Crippen LogP contribution < -0.4 is 10.1 Å². The number of benzene rings is 2. The summed E-state index contributed by atoms with van der Waals surface area (Å²) in [5.74, 6) is -0.928. The molecule has 0 saturated carbocycles. The maximum absolute atomic E-state index is 12.2. The predicted octanol–water partition coefficient (Wildman–Crippen LogP) is 3.03. The molecule has 142 valence electrons. The van der Waals surface area contributed by atoms with Gasteiger partial charge >= 0.3 is 5.69 Å². The third-order valence-electron chi connectivity index (χ3n) is 3.62. The number of nitrogens with zero attached hydrogens (tertiary/aromatic N) is 2. The molecule has 0 atom stereocenters. The molecule has 0 heterocycles. The Morgan fingerprint density at radius 3 is 2.63 bits per heavy atom. The Bertz CT molecular complexity index is 872. The Morgan fingerprint density at radius 1 is 1.26 bits per heavy atom. The third-order valence-corrected chi connectivity index (χ3v) is 3.95. The molecule has 1 N–H and O–H groups in total. The number of carbonyl (C=O) groups is 2. The normalized spacial score (nSPS) is 10.2. The summed E-state index contributed by atoms with van der Waals surface area (Å²) < 4.78 is 5.30. The molecule has 0 unspecified atom stereocenters. The van der Waals surface area contributed by atoms with Gasteiger partial charge in [0.2, 0.25) is 5.91 Å². The highest BCUT2D eigenvalue weighted by Crippen LogP contribution is 2.27. The van der Waals surface area contributed by atoms with Crippen molar-refractivity contribution >= 4 is 34.8 Å². The van der Waals surface area contributed by atoms with Crippen LogP contribution in [-0.2, 0) is 9.59 Å². The van der Waals surface area contributed by atoms with Crippen LogP contribution in [0.5, 0.6) is 5.75 Å². The number of rotatable bonds is 7. The van der Waals surface area contributed by atoms with Gasteiger partial charge in [0, 0.05) is 13.1 Å². The zero-order valence-electron chi connectivity index (χ0n) is 14.8. The third kappa shape index (κ3) is 5.68. The van der Waals surface area contributed by atoms with Gasteiger partial charge in [-0.15, -0.1) is 0 Å². The lowest BCUT2D eigenvalue weighted by molar-refractivity contribution is -0.385. The molecule has 27 heavy (non-hydrogen) atoms. The van der Waals surface area contributed by atoms with Gasteiger partial charge < -0.3 is 15.0 Å². The predicted molar refractivity (Wildman–Crippen MR) is 101 cm³/mol. The Labute approximate surface area is 160 Å². The van der Waals surface area contributed by atoms with E-state index >= 15 is 0 Å². The van der Waals surface area contributed by atoms with Gasteiger partial charge in [-0.2, -0.15) is 0 Å². The first-order valence-corrected chi connectivity index (χ1v) is 8.32. The zero-order chi connectivity index (χ0) is 20.0. The van der Waals surface area contributed by atoms with Crippen molar-refractivity contribution in [2.75, 3.05) is 25.5 Å². The summed E-state index contributed by atoms with van der Waals surface area (Å²) in [5, 5.41) is 14.0. The van der Waals surface area contributed by atoms with Gasteiger partial charge in [-0.3, -0.25) is 19.7 Å². The van der Waals surface area contributed by atoms with E-state index < -0.39 is 23.3 Å². The number of para-hydroxylation sites is 1. The van der Waals surface area contributed by atoms with Gasteiger partial charge in [0.25, 0.3) is 5.91 Å². The van der Waals surface area contributed by atoms with Crippen LogP contribution in [0.4, 0.5) is 11.4 Å². The average molecular weight is 392 g/mol. The quantitative estimate of drug-likeness (QED) is 0.577. The van der Waals surface area contributed by atoms with Gasteiger partial charge in [-0.25, -0.2) is 0 Å². The minimum atomic E-state index is -0.583. The molecule has 0 radical (unpaired) electrons. The Morgan fingerprint density at radius 2 is 1.96 bits per heavy atom. The van der Waals surface area contributed by atoms with Crippen molar-refractivity contribution in [1.82, 2.24) is 4.90 Å². The second-order valence-electron chi connectivity index (χ2n) is 5.79. The summed E-state index contributed by atoms with van der Waals surface area (Å²) in [6.45, 7) is 1.10. The summed E-state index contributed by atoms with van der Waals surface area (Å²) in [6.07, 6.45) is 0. The number of halogens is 1. The van der Waals surface area contributed by atoms with Crippen LogP contribution in [0.25, 0.3) is 0 Å². The Balaban J connectivity index is 1.92. The highest BCUT2D eigenvalue weighted by Gasteiger charge is 2.19. The zero-order valence-corrected chi connectivity index (χ0v) is 15.5. The van der Waals surface area contributed by atoms with Crippen LogP contribution >= 0.6 is 11.6 Å². The van der Waals surface area contributed by atoms with E-state index in [1.54, 1.807) is 37.3 Å². The van der Waals surface area contributed by atoms with Crippen LogP contribution in [0, 0.1) is 17.0 Å². The topological polar surface area (TPSA) is 102 Å². The van der Waals surface area contributed by atoms with E-state index in [2.05, 4.69) is 5.32 Å². The summed E-state index contributed by atoms with van der Waals surface area (Å²) in [6, 6.07) is 11.1. The molecule has 0 spiro atoms. The Kier molecular flexibility index (Phi) is 6.73. The largest absolute Gasteiger partial charge is 0.477 e. The first-order chi connectivity index (χ1) is 12.8. The molecule has 0 aromatic heterocycles. The summed E-state index contributed by atoms with van der Waals surface area (Å²) in [7, 11) is 1.43. The van der Waals surface area contributed by atoms with Crippen LogP contribution in [0.1, 0.15) is 5.56 Å². The molecule has 0 fully saturated rings. The lowest BCUT2D eigenvalue weighted by atomic mass is 10.2. The lowest BCUT2D eigenvalue weighted by Crippen LogP contribution is -2.37. The number of hydrogen-bond acceptors (Lipinski definition) is 5. The first-order valence-electron chi connectivity index (χ1n) is 7.94. The van der Waals surface area contributed by atoms with E-state index in [0.29, 0.717) is 10.7 Å². The molecule has 0 saturated heterocycles. The second-order valence-corrected chi connectivity index (χ2v) is 6.20. The molecule has 2 aromatic rings. The number of aryl methyl sites for hydroxylation is 1. The van der Waals surface area contributed by atoms with Crippen molar-refractivity contribution < 1.29 is 19.2 Å².